The molecule has 2 aliphatic carbocycles. The van der Waals surface area contributed by atoms with Gasteiger partial charge in [0.05, 0.1) is 6.10 Å². The zero-order chi connectivity index (χ0) is 14.4. The van der Waals surface area contributed by atoms with Crippen molar-refractivity contribution in [2.24, 2.45) is 0 Å². The minimum absolute atomic E-state index is 0.278. The lowest BCUT2D eigenvalue weighted by Crippen LogP contribution is -2.21. The molecule has 1 aromatic rings. The van der Waals surface area contributed by atoms with Crippen LogP contribution in [-0.4, -0.2) is 31.6 Å². The molecule has 0 aromatic heterocycles. The molecular formula is C18H23NO. The summed E-state index contributed by atoms with van der Waals surface area (Å²) in [6, 6.07) is 18.5. The van der Waals surface area contributed by atoms with Crippen LogP contribution in [0.1, 0.15) is 13.3 Å². The maximum atomic E-state index is 5.74. The summed E-state index contributed by atoms with van der Waals surface area (Å²) in [5.41, 5.74) is 0. The van der Waals surface area contributed by atoms with E-state index >= 15 is 0 Å². The Morgan fingerprint density at radius 1 is 0.900 bits per heavy atom. The van der Waals surface area contributed by atoms with Gasteiger partial charge in [0.25, 0.3) is 0 Å². The van der Waals surface area contributed by atoms with Gasteiger partial charge in [-0.05, 0) is 50.0 Å². The molecule has 0 amide bonds. The summed E-state index contributed by atoms with van der Waals surface area (Å²) in [5.74, 6) is 0.957. The Labute approximate surface area is 121 Å². The van der Waals surface area contributed by atoms with E-state index < -0.39 is 0 Å². The molecular weight excluding hydrogens is 246 g/mol. The normalized spacial score (nSPS) is 12.4. The van der Waals surface area contributed by atoms with Gasteiger partial charge >= 0.3 is 0 Å². The molecule has 0 N–H and O–H groups in total. The van der Waals surface area contributed by atoms with Gasteiger partial charge in [-0.2, -0.15) is 0 Å². The molecule has 0 radical (unpaired) electrons. The number of benzene rings is 2. The molecule has 2 heteroatoms. The zero-order valence-corrected chi connectivity index (χ0v) is 12.5. The van der Waals surface area contributed by atoms with E-state index in [9.17, 15) is 0 Å². The van der Waals surface area contributed by atoms with Crippen molar-refractivity contribution in [3.63, 3.8) is 0 Å². The first-order chi connectivity index (χ1) is 9.65. The maximum absolute atomic E-state index is 5.74. The molecule has 1 unspecified atom stereocenters. The Kier molecular flexibility index (Phi) is 5.19. The lowest BCUT2D eigenvalue weighted by atomic mass is 10.1. The summed E-state index contributed by atoms with van der Waals surface area (Å²) in [5, 5.41) is 2.85. The van der Waals surface area contributed by atoms with Gasteiger partial charge in [0, 0.05) is 6.54 Å². The van der Waals surface area contributed by atoms with Crippen molar-refractivity contribution in [3.05, 3.63) is 65.0 Å². The fourth-order valence-electron chi connectivity index (χ4n) is 1.89. The predicted molar refractivity (Wildman–Crippen MR) is 83.8 cm³/mol. The van der Waals surface area contributed by atoms with Gasteiger partial charge in [-0.15, -0.1) is 0 Å². The molecule has 106 valence electrons. The molecule has 1 atom stereocenters. The van der Waals surface area contributed by atoms with Crippen LogP contribution < -0.4 is 4.74 Å². The van der Waals surface area contributed by atoms with Crippen LogP contribution in [0.4, 0.5) is 0 Å². The highest BCUT2D eigenvalue weighted by Gasteiger charge is 2.03. The molecule has 1 aromatic carbocycles. The van der Waals surface area contributed by atoms with Crippen LogP contribution in [0.3, 0.4) is 0 Å². The second-order valence-electron chi connectivity index (χ2n) is 5.41. The third-order valence-electron chi connectivity index (χ3n) is 3.28. The number of nitrogens with zero attached hydrogens (tertiary/aromatic N) is 1. The number of hydrogen-bond donors (Lipinski definition) is 0. The lowest BCUT2D eigenvalue weighted by Gasteiger charge is -2.16. The summed E-state index contributed by atoms with van der Waals surface area (Å²) >= 11 is 0. The van der Waals surface area contributed by atoms with Crippen LogP contribution in [0.2, 0.25) is 0 Å². The molecule has 0 fully saturated rings. The van der Waals surface area contributed by atoms with Gasteiger partial charge in [-0.1, -0.05) is 42.5 Å². The van der Waals surface area contributed by atoms with Crippen molar-refractivity contribution in [1.29, 1.82) is 0 Å². The van der Waals surface area contributed by atoms with Gasteiger partial charge in [-0.3, -0.25) is 0 Å². The first-order valence-corrected chi connectivity index (χ1v) is 7.12. The van der Waals surface area contributed by atoms with Crippen molar-refractivity contribution in [3.8, 4) is 5.75 Å². The minimum Gasteiger partial charge on any atom is -0.491 e. The average Bonchev–Trinajstić information content (AvgIpc) is 2.42. The average molecular weight is 269 g/mol. The second kappa shape index (κ2) is 7.11. The lowest BCUT2D eigenvalue weighted by molar-refractivity contribution is 0.194. The summed E-state index contributed by atoms with van der Waals surface area (Å²) in [7, 11) is 4.16. The highest BCUT2D eigenvalue weighted by Crippen LogP contribution is 2.12. The Morgan fingerprint density at radius 2 is 1.45 bits per heavy atom. The molecule has 0 spiro atoms. The summed E-state index contributed by atoms with van der Waals surface area (Å²) in [6.07, 6.45) is 1.34. The predicted octanol–water partition coefficient (Wildman–Crippen LogP) is 3.69. The number of para-hydroxylation sites is 1. The van der Waals surface area contributed by atoms with Crippen LogP contribution in [-0.2, 0) is 0 Å². The Hall–Kier alpha value is -1.80. The van der Waals surface area contributed by atoms with Crippen LogP contribution in [0.25, 0.3) is 0 Å². The van der Waals surface area contributed by atoms with Gasteiger partial charge in [0.15, 0.2) is 0 Å². The van der Waals surface area contributed by atoms with Crippen molar-refractivity contribution in [2.75, 3.05) is 20.6 Å². The molecule has 0 saturated heterocycles. The molecule has 2 aliphatic rings. The van der Waals surface area contributed by atoms with Gasteiger partial charge in [-0.25, -0.2) is 0 Å². The minimum atomic E-state index is 0.278. The van der Waals surface area contributed by atoms with Crippen LogP contribution >= 0.6 is 0 Å². The van der Waals surface area contributed by atoms with Gasteiger partial charge in [0.2, 0.25) is 0 Å². The maximum Gasteiger partial charge on any atom is 0.119 e. The van der Waals surface area contributed by atoms with Crippen LogP contribution in [0.15, 0.2) is 54.6 Å². The summed E-state index contributed by atoms with van der Waals surface area (Å²) in [6.45, 7) is 3.17. The highest BCUT2D eigenvalue weighted by atomic mass is 16.5. The third kappa shape index (κ3) is 4.39. The van der Waals surface area contributed by atoms with E-state index in [1.165, 1.54) is 10.4 Å². The number of ether oxygens (including phenoxy) is 1. The van der Waals surface area contributed by atoms with E-state index in [1.54, 1.807) is 0 Å². The molecule has 20 heavy (non-hydrogen) atoms. The number of hydrogen-bond acceptors (Lipinski definition) is 2. The van der Waals surface area contributed by atoms with E-state index in [0.29, 0.717) is 0 Å². The van der Waals surface area contributed by atoms with E-state index in [2.05, 4.69) is 50.2 Å². The molecule has 3 rings (SSSR count). The quantitative estimate of drug-likeness (QED) is 0.700. The Balaban J connectivity index is 0.000000198. The topological polar surface area (TPSA) is 12.5 Å². The van der Waals surface area contributed by atoms with Gasteiger partial charge < -0.3 is 9.64 Å². The first kappa shape index (κ1) is 14.6. The van der Waals surface area contributed by atoms with E-state index in [1.807, 2.05) is 30.3 Å². The largest absolute Gasteiger partial charge is 0.491 e. The zero-order valence-electron chi connectivity index (χ0n) is 12.5. The molecule has 0 aliphatic heterocycles. The van der Waals surface area contributed by atoms with Crippen LogP contribution in [0, 0.1) is 10.4 Å². The highest BCUT2D eigenvalue weighted by molar-refractivity contribution is 5.22. The van der Waals surface area contributed by atoms with E-state index in [4.69, 9.17) is 4.74 Å². The third-order valence-corrected chi connectivity index (χ3v) is 3.28. The van der Waals surface area contributed by atoms with Crippen molar-refractivity contribution in [1.82, 2.24) is 4.90 Å². The molecule has 0 heterocycles. The standard InChI is InChI=1S/C12H19NO.C6H4/c1-11(9-10-13(2)3)14-12-7-5-4-6-8-12;1-2-6-4-3-5(1)6/h4-8,11H,9-10H2,1-3H3;1-4H. The fourth-order valence-corrected chi connectivity index (χ4v) is 1.89. The smallest absolute Gasteiger partial charge is 0.119 e. The van der Waals surface area contributed by atoms with E-state index in [-0.39, 0.29) is 6.10 Å². The SMILES string of the molecule is CC(CCN(C)C)Oc1ccccc1.c1cc2ccc1=2. The molecule has 2 nitrogen and oxygen atoms in total. The monoisotopic (exact) mass is 269 g/mol. The molecule has 0 saturated carbocycles. The van der Waals surface area contributed by atoms with Crippen molar-refractivity contribution in [2.45, 2.75) is 19.4 Å². The van der Waals surface area contributed by atoms with Gasteiger partial charge in [0.1, 0.15) is 5.75 Å². The second-order valence-corrected chi connectivity index (χ2v) is 5.41. The fraction of sp³-hybridized carbons (Fsp3) is 0.333. The van der Waals surface area contributed by atoms with Crippen molar-refractivity contribution >= 4 is 0 Å². The van der Waals surface area contributed by atoms with Crippen LogP contribution in [0.5, 0.6) is 5.75 Å². The Morgan fingerprint density at radius 3 is 1.85 bits per heavy atom. The summed E-state index contributed by atoms with van der Waals surface area (Å²) in [4.78, 5) is 2.17. The Bertz CT molecular complexity index is 557. The summed E-state index contributed by atoms with van der Waals surface area (Å²) < 4.78 is 5.74. The van der Waals surface area contributed by atoms with Crippen molar-refractivity contribution < 1.29 is 4.74 Å². The number of rotatable bonds is 5. The first-order valence-electron chi connectivity index (χ1n) is 7.12. The molecule has 0 bridgehead atoms. The van der Waals surface area contributed by atoms with E-state index in [0.717, 1.165) is 18.7 Å².